The monoisotopic (exact) mass is 232 g/mol. The van der Waals surface area contributed by atoms with Gasteiger partial charge in [-0.3, -0.25) is 4.90 Å². The molecule has 1 unspecified atom stereocenters. The number of ether oxygens (including phenoxy) is 1. The Balaban J connectivity index is 1.91. The van der Waals surface area contributed by atoms with Crippen molar-refractivity contribution in [3.05, 3.63) is 35.9 Å². The highest BCUT2D eigenvalue weighted by molar-refractivity contribution is 5.31. The molecule has 0 spiro atoms. The van der Waals surface area contributed by atoms with Crippen molar-refractivity contribution in [3.8, 4) is 0 Å². The van der Waals surface area contributed by atoms with Crippen LogP contribution in [-0.2, 0) is 10.2 Å². The number of likely N-dealkylation sites (N-methyl/N-ethyl adjacent to an activating group) is 1. The van der Waals surface area contributed by atoms with Gasteiger partial charge in [0.25, 0.3) is 0 Å². The molecule has 2 aliphatic heterocycles. The number of hydrogen-bond acceptors (Lipinski definition) is 3. The van der Waals surface area contributed by atoms with E-state index >= 15 is 0 Å². The molecule has 3 rings (SSSR count). The number of piperazine rings is 1. The van der Waals surface area contributed by atoms with Crippen molar-refractivity contribution in [3.63, 3.8) is 0 Å². The van der Waals surface area contributed by atoms with Crippen LogP contribution in [0.2, 0.25) is 0 Å². The van der Waals surface area contributed by atoms with Crippen LogP contribution in [0.5, 0.6) is 0 Å². The SMILES string of the molecule is CN1CCNCC1C1(c2ccccc2)COC1. The molecule has 0 radical (unpaired) electrons. The van der Waals surface area contributed by atoms with E-state index in [4.69, 9.17) is 4.74 Å². The molecule has 1 aromatic carbocycles. The lowest BCUT2D eigenvalue weighted by atomic mass is 9.71. The molecule has 2 heterocycles. The third-order valence-electron chi connectivity index (χ3n) is 4.22. The Morgan fingerprint density at radius 3 is 2.65 bits per heavy atom. The van der Waals surface area contributed by atoms with Crippen molar-refractivity contribution in [2.75, 3.05) is 39.9 Å². The van der Waals surface area contributed by atoms with E-state index in [1.165, 1.54) is 5.56 Å². The fraction of sp³-hybridized carbons (Fsp3) is 0.571. The van der Waals surface area contributed by atoms with E-state index < -0.39 is 0 Å². The van der Waals surface area contributed by atoms with E-state index in [-0.39, 0.29) is 5.41 Å². The molecule has 2 fully saturated rings. The lowest BCUT2D eigenvalue weighted by Gasteiger charge is -2.52. The zero-order valence-corrected chi connectivity index (χ0v) is 10.4. The van der Waals surface area contributed by atoms with Gasteiger partial charge in [-0.1, -0.05) is 30.3 Å². The average Bonchev–Trinajstić information content (AvgIpc) is 2.32. The van der Waals surface area contributed by atoms with E-state index in [0.717, 1.165) is 32.8 Å². The maximum absolute atomic E-state index is 5.54. The first-order chi connectivity index (χ1) is 8.33. The second-order valence-corrected chi connectivity index (χ2v) is 5.22. The van der Waals surface area contributed by atoms with Gasteiger partial charge in [0.05, 0.1) is 18.6 Å². The van der Waals surface area contributed by atoms with E-state index in [1.807, 2.05) is 0 Å². The molecule has 3 nitrogen and oxygen atoms in total. The molecule has 17 heavy (non-hydrogen) atoms. The second kappa shape index (κ2) is 4.41. The smallest absolute Gasteiger partial charge is 0.0601 e. The molecule has 1 atom stereocenters. The van der Waals surface area contributed by atoms with Gasteiger partial charge in [-0.05, 0) is 12.6 Å². The van der Waals surface area contributed by atoms with Gasteiger partial charge in [-0.25, -0.2) is 0 Å². The number of rotatable bonds is 2. The second-order valence-electron chi connectivity index (χ2n) is 5.22. The minimum absolute atomic E-state index is 0.198. The standard InChI is InChI=1S/C14H20N2O/c1-16-8-7-15-9-13(16)14(10-17-11-14)12-5-3-2-4-6-12/h2-6,13,15H,7-11H2,1H3. The van der Waals surface area contributed by atoms with E-state index in [0.29, 0.717) is 6.04 Å². The molecule has 0 saturated carbocycles. The van der Waals surface area contributed by atoms with Gasteiger partial charge in [0.1, 0.15) is 0 Å². The van der Waals surface area contributed by atoms with Crippen LogP contribution in [0.25, 0.3) is 0 Å². The van der Waals surface area contributed by atoms with Crippen LogP contribution in [0.3, 0.4) is 0 Å². The molecule has 1 aromatic rings. The molecule has 0 bridgehead atoms. The van der Waals surface area contributed by atoms with E-state index in [9.17, 15) is 0 Å². The van der Waals surface area contributed by atoms with Crippen LogP contribution in [0, 0.1) is 0 Å². The van der Waals surface area contributed by atoms with Gasteiger partial charge in [0, 0.05) is 25.7 Å². The first kappa shape index (κ1) is 11.2. The Hall–Kier alpha value is -0.900. The summed E-state index contributed by atoms with van der Waals surface area (Å²) in [6, 6.07) is 11.4. The summed E-state index contributed by atoms with van der Waals surface area (Å²) in [5.74, 6) is 0. The summed E-state index contributed by atoms with van der Waals surface area (Å²) in [6.45, 7) is 4.99. The van der Waals surface area contributed by atoms with Crippen molar-refractivity contribution < 1.29 is 4.74 Å². The largest absolute Gasteiger partial charge is 0.379 e. The Morgan fingerprint density at radius 1 is 1.29 bits per heavy atom. The predicted octanol–water partition coefficient (Wildman–Crippen LogP) is 0.858. The van der Waals surface area contributed by atoms with Crippen molar-refractivity contribution >= 4 is 0 Å². The summed E-state index contributed by atoms with van der Waals surface area (Å²) in [5, 5.41) is 3.51. The number of nitrogens with zero attached hydrogens (tertiary/aromatic N) is 1. The topological polar surface area (TPSA) is 24.5 Å². The molecule has 92 valence electrons. The number of benzene rings is 1. The molecule has 0 aromatic heterocycles. The third-order valence-corrected chi connectivity index (χ3v) is 4.22. The summed E-state index contributed by atoms with van der Waals surface area (Å²) >= 11 is 0. The fourth-order valence-electron chi connectivity index (χ4n) is 3.07. The maximum Gasteiger partial charge on any atom is 0.0601 e. The van der Waals surface area contributed by atoms with Crippen LogP contribution >= 0.6 is 0 Å². The van der Waals surface area contributed by atoms with Crippen molar-refractivity contribution in [2.45, 2.75) is 11.5 Å². The first-order valence-corrected chi connectivity index (χ1v) is 6.37. The Labute approximate surface area is 103 Å². The molecular formula is C14H20N2O. The van der Waals surface area contributed by atoms with Crippen molar-refractivity contribution in [1.29, 1.82) is 0 Å². The van der Waals surface area contributed by atoms with E-state index in [2.05, 4.69) is 47.6 Å². The number of hydrogen-bond donors (Lipinski definition) is 1. The molecule has 1 N–H and O–H groups in total. The number of nitrogens with one attached hydrogen (secondary N) is 1. The minimum atomic E-state index is 0.198. The van der Waals surface area contributed by atoms with Gasteiger partial charge in [0.15, 0.2) is 0 Å². The molecule has 3 heteroatoms. The predicted molar refractivity (Wildman–Crippen MR) is 68.2 cm³/mol. The Morgan fingerprint density at radius 2 is 2.06 bits per heavy atom. The molecule has 0 amide bonds. The quantitative estimate of drug-likeness (QED) is 0.818. The first-order valence-electron chi connectivity index (χ1n) is 6.37. The highest BCUT2D eigenvalue weighted by Crippen LogP contribution is 2.38. The Kier molecular flexibility index (Phi) is 2.90. The van der Waals surface area contributed by atoms with Crippen LogP contribution in [0.1, 0.15) is 5.56 Å². The average molecular weight is 232 g/mol. The molecule has 0 aliphatic carbocycles. The van der Waals surface area contributed by atoms with Crippen LogP contribution in [0.15, 0.2) is 30.3 Å². The lowest BCUT2D eigenvalue weighted by molar-refractivity contribution is -0.103. The van der Waals surface area contributed by atoms with Gasteiger partial charge in [-0.15, -0.1) is 0 Å². The highest BCUT2D eigenvalue weighted by Gasteiger charge is 2.49. The van der Waals surface area contributed by atoms with Gasteiger partial charge >= 0.3 is 0 Å². The van der Waals surface area contributed by atoms with Crippen molar-refractivity contribution in [1.82, 2.24) is 10.2 Å². The summed E-state index contributed by atoms with van der Waals surface area (Å²) in [7, 11) is 2.23. The lowest BCUT2D eigenvalue weighted by Crippen LogP contribution is -2.66. The van der Waals surface area contributed by atoms with Crippen molar-refractivity contribution in [2.24, 2.45) is 0 Å². The van der Waals surface area contributed by atoms with Crippen LogP contribution in [0.4, 0.5) is 0 Å². The van der Waals surface area contributed by atoms with Gasteiger partial charge < -0.3 is 10.1 Å². The summed E-state index contributed by atoms with van der Waals surface area (Å²) < 4.78 is 5.54. The van der Waals surface area contributed by atoms with Gasteiger partial charge in [0.2, 0.25) is 0 Å². The molecule has 2 aliphatic rings. The third kappa shape index (κ3) is 1.79. The molecule has 2 saturated heterocycles. The highest BCUT2D eigenvalue weighted by atomic mass is 16.5. The van der Waals surface area contributed by atoms with Crippen LogP contribution < -0.4 is 5.32 Å². The summed E-state index contributed by atoms with van der Waals surface area (Å²) in [4.78, 5) is 2.48. The fourth-order valence-corrected chi connectivity index (χ4v) is 3.07. The van der Waals surface area contributed by atoms with Crippen LogP contribution in [-0.4, -0.2) is 50.8 Å². The molecular weight excluding hydrogens is 212 g/mol. The maximum atomic E-state index is 5.54. The normalized spacial score (nSPS) is 28.6. The zero-order chi connectivity index (χ0) is 11.7. The zero-order valence-electron chi connectivity index (χ0n) is 10.4. The Bertz CT molecular complexity index is 375. The van der Waals surface area contributed by atoms with E-state index in [1.54, 1.807) is 0 Å². The minimum Gasteiger partial charge on any atom is -0.379 e. The van der Waals surface area contributed by atoms with Gasteiger partial charge in [-0.2, -0.15) is 0 Å². The summed E-state index contributed by atoms with van der Waals surface area (Å²) in [6.07, 6.45) is 0. The summed E-state index contributed by atoms with van der Waals surface area (Å²) in [5.41, 5.74) is 1.62.